The molecule has 1 aromatic carbocycles. The van der Waals surface area contributed by atoms with Crippen molar-refractivity contribution >= 4 is 11.6 Å². The Labute approximate surface area is 113 Å². The summed E-state index contributed by atoms with van der Waals surface area (Å²) in [7, 11) is 1.55. The summed E-state index contributed by atoms with van der Waals surface area (Å²) < 4.78 is 13.5. The molecule has 104 valence electrons. The number of aromatic nitrogens is 2. The molecule has 1 aromatic heterocycles. The molecule has 0 aliphatic rings. The number of nitro groups is 1. The average molecular weight is 278 g/mol. The molecule has 1 amide bonds. The SMILES string of the molecule is CN(Cc1cn[nH]c1)C(=O)c1ccc([N+](=O)[O-])c(F)c1. The van der Waals surface area contributed by atoms with Crippen LogP contribution in [-0.2, 0) is 6.54 Å². The highest BCUT2D eigenvalue weighted by molar-refractivity contribution is 5.94. The molecule has 7 nitrogen and oxygen atoms in total. The van der Waals surface area contributed by atoms with Crippen molar-refractivity contribution in [2.75, 3.05) is 7.05 Å². The first-order chi connectivity index (χ1) is 9.49. The van der Waals surface area contributed by atoms with Crippen LogP contribution in [0.2, 0.25) is 0 Å². The van der Waals surface area contributed by atoms with Crippen LogP contribution in [0.1, 0.15) is 15.9 Å². The fourth-order valence-electron chi connectivity index (χ4n) is 1.72. The lowest BCUT2D eigenvalue weighted by atomic mass is 10.1. The van der Waals surface area contributed by atoms with E-state index < -0.39 is 22.3 Å². The number of nitrogens with one attached hydrogen (secondary N) is 1. The summed E-state index contributed by atoms with van der Waals surface area (Å²) in [4.78, 5) is 23.1. The number of halogens is 1. The molecule has 1 heterocycles. The van der Waals surface area contributed by atoms with E-state index in [2.05, 4.69) is 10.2 Å². The molecule has 0 saturated heterocycles. The molecule has 2 aromatic rings. The Balaban J connectivity index is 2.16. The Morgan fingerprint density at radius 1 is 1.55 bits per heavy atom. The second kappa shape index (κ2) is 5.47. The van der Waals surface area contributed by atoms with E-state index in [0.29, 0.717) is 6.54 Å². The van der Waals surface area contributed by atoms with Crippen molar-refractivity contribution in [3.05, 3.63) is 57.7 Å². The van der Waals surface area contributed by atoms with Gasteiger partial charge in [0.2, 0.25) is 5.82 Å². The van der Waals surface area contributed by atoms with Gasteiger partial charge in [0.05, 0.1) is 11.1 Å². The van der Waals surface area contributed by atoms with Crippen molar-refractivity contribution < 1.29 is 14.1 Å². The van der Waals surface area contributed by atoms with Gasteiger partial charge in [0, 0.05) is 37.0 Å². The minimum atomic E-state index is -1.03. The number of hydrogen-bond donors (Lipinski definition) is 1. The topological polar surface area (TPSA) is 92.1 Å². The largest absolute Gasteiger partial charge is 0.337 e. The number of hydrogen-bond acceptors (Lipinski definition) is 4. The average Bonchev–Trinajstić information content (AvgIpc) is 2.90. The van der Waals surface area contributed by atoms with Crippen LogP contribution in [0.15, 0.2) is 30.6 Å². The van der Waals surface area contributed by atoms with Crippen LogP contribution in [-0.4, -0.2) is 33.0 Å². The number of amides is 1. The van der Waals surface area contributed by atoms with Crippen LogP contribution in [0.5, 0.6) is 0 Å². The third kappa shape index (κ3) is 2.79. The summed E-state index contributed by atoms with van der Waals surface area (Å²) in [6.45, 7) is 0.300. The Kier molecular flexibility index (Phi) is 3.74. The van der Waals surface area contributed by atoms with Gasteiger partial charge in [0.15, 0.2) is 0 Å². The Morgan fingerprint density at radius 2 is 2.30 bits per heavy atom. The molecule has 8 heteroatoms. The zero-order valence-electron chi connectivity index (χ0n) is 10.5. The van der Waals surface area contributed by atoms with Crippen LogP contribution in [0.25, 0.3) is 0 Å². The number of nitrogens with zero attached hydrogens (tertiary/aromatic N) is 3. The fourth-order valence-corrected chi connectivity index (χ4v) is 1.72. The Morgan fingerprint density at radius 3 is 2.85 bits per heavy atom. The van der Waals surface area contributed by atoms with E-state index in [9.17, 15) is 19.3 Å². The molecule has 1 N–H and O–H groups in total. The second-order valence-corrected chi connectivity index (χ2v) is 4.19. The highest BCUT2D eigenvalue weighted by atomic mass is 19.1. The number of rotatable bonds is 4. The zero-order chi connectivity index (χ0) is 14.7. The van der Waals surface area contributed by atoms with Crippen molar-refractivity contribution in [3.8, 4) is 0 Å². The minimum Gasteiger partial charge on any atom is -0.337 e. The first-order valence-electron chi connectivity index (χ1n) is 5.66. The van der Waals surface area contributed by atoms with Crippen LogP contribution in [0.4, 0.5) is 10.1 Å². The molecule has 0 aliphatic heterocycles. The predicted molar refractivity (Wildman–Crippen MR) is 67.4 cm³/mol. The maximum atomic E-state index is 13.5. The molecule has 0 atom stereocenters. The lowest BCUT2D eigenvalue weighted by Crippen LogP contribution is -2.26. The third-order valence-corrected chi connectivity index (χ3v) is 2.71. The summed E-state index contributed by atoms with van der Waals surface area (Å²) in [5, 5.41) is 16.9. The predicted octanol–water partition coefficient (Wildman–Crippen LogP) is 1.73. The van der Waals surface area contributed by atoms with E-state index >= 15 is 0 Å². The second-order valence-electron chi connectivity index (χ2n) is 4.19. The number of aromatic amines is 1. The van der Waals surface area contributed by atoms with Crippen molar-refractivity contribution in [1.29, 1.82) is 0 Å². The molecular formula is C12H11FN4O3. The molecule has 0 bridgehead atoms. The first-order valence-corrected chi connectivity index (χ1v) is 5.66. The molecule has 0 radical (unpaired) electrons. The van der Waals surface area contributed by atoms with Gasteiger partial charge in [-0.25, -0.2) is 0 Å². The van der Waals surface area contributed by atoms with Gasteiger partial charge in [-0.2, -0.15) is 9.49 Å². The standard InChI is InChI=1S/C12H11FN4O3/c1-16(7-8-5-14-15-6-8)12(18)9-2-3-11(17(19)20)10(13)4-9/h2-6H,7H2,1H3,(H,14,15). The zero-order valence-corrected chi connectivity index (χ0v) is 10.5. The Hall–Kier alpha value is -2.77. The third-order valence-electron chi connectivity index (χ3n) is 2.71. The summed E-state index contributed by atoms with van der Waals surface area (Å²) in [5.74, 6) is -1.46. The van der Waals surface area contributed by atoms with E-state index in [1.165, 1.54) is 11.0 Å². The van der Waals surface area contributed by atoms with E-state index in [4.69, 9.17) is 0 Å². The number of carbonyl (C=O) groups is 1. The number of H-pyrrole nitrogens is 1. The van der Waals surface area contributed by atoms with Crippen LogP contribution < -0.4 is 0 Å². The van der Waals surface area contributed by atoms with Gasteiger partial charge < -0.3 is 4.90 Å². The number of carbonyl (C=O) groups excluding carboxylic acids is 1. The van der Waals surface area contributed by atoms with Gasteiger partial charge in [0.1, 0.15) is 0 Å². The van der Waals surface area contributed by atoms with Crippen molar-refractivity contribution in [1.82, 2.24) is 15.1 Å². The molecule has 20 heavy (non-hydrogen) atoms. The smallest absolute Gasteiger partial charge is 0.304 e. The summed E-state index contributed by atoms with van der Waals surface area (Å²) in [6, 6.07) is 3.08. The monoisotopic (exact) mass is 278 g/mol. The van der Waals surface area contributed by atoms with Gasteiger partial charge in [-0.1, -0.05) is 0 Å². The van der Waals surface area contributed by atoms with Crippen molar-refractivity contribution in [3.63, 3.8) is 0 Å². The fraction of sp³-hybridized carbons (Fsp3) is 0.167. The first kappa shape index (κ1) is 13.7. The van der Waals surface area contributed by atoms with E-state index in [1.54, 1.807) is 19.4 Å². The quantitative estimate of drug-likeness (QED) is 0.681. The van der Waals surface area contributed by atoms with E-state index in [0.717, 1.165) is 17.7 Å². The van der Waals surface area contributed by atoms with Crippen LogP contribution in [0.3, 0.4) is 0 Å². The highest BCUT2D eigenvalue weighted by Crippen LogP contribution is 2.19. The molecule has 0 aliphatic carbocycles. The maximum Gasteiger partial charge on any atom is 0.304 e. The van der Waals surface area contributed by atoms with Gasteiger partial charge >= 0.3 is 5.69 Å². The molecule has 2 rings (SSSR count). The molecule has 0 saturated carbocycles. The van der Waals surface area contributed by atoms with E-state index in [1.807, 2.05) is 0 Å². The lowest BCUT2D eigenvalue weighted by Gasteiger charge is -2.16. The Bertz CT molecular complexity index is 642. The minimum absolute atomic E-state index is 0.0547. The lowest BCUT2D eigenvalue weighted by molar-refractivity contribution is -0.387. The number of benzene rings is 1. The van der Waals surface area contributed by atoms with Gasteiger partial charge in [-0.15, -0.1) is 0 Å². The van der Waals surface area contributed by atoms with Crippen molar-refractivity contribution in [2.45, 2.75) is 6.54 Å². The maximum absolute atomic E-state index is 13.5. The summed E-state index contributed by atoms with van der Waals surface area (Å²) in [6.07, 6.45) is 3.21. The van der Waals surface area contributed by atoms with Crippen LogP contribution >= 0.6 is 0 Å². The van der Waals surface area contributed by atoms with Gasteiger partial charge in [-0.05, 0) is 12.1 Å². The summed E-state index contributed by atoms with van der Waals surface area (Å²) in [5.41, 5.74) is 0.196. The van der Waals surface area contributed by atoms with E-state index in [-0.39, 0.29) is 5.56 Å². The number of nitro benzene ring substituents is 1. The van der Waals surface area contributed by atoms with Crippen LogP contribution in [0, 0.1) is 15.9 Å². The summed E-state index contributed by atoms with van der Waals surface area (Å²) >= 11 is 0. The van der Waals surface area contributed by atoms with Gasteiger partial charge in [-0.3, -0.25) is 20.0 Å². The molecule has 0 unspecified atom stereocenters. The highest BCUT2D eigenvalue weighted by Gasteiger charge is 2.19. The molecular weight excluding hydrogens is 267 g/mol. The van der Waals surface area contributed by atoms with Gasteiger partial charge in [0.25, 0.3) is 5.91 Å². The molecule has 0 fully saturated rings. The van der Waals surface area contributed by atoms with Crippen molar-refractivity contribution in [2.24, 2.45) is 0 Å². The normalized spacial score (nSPS) is 10.3. The molecule has 0 spiro atoms.